The van der Waals surface area contributed by atoms with Gasteiger partial charge in [-0.3, -0.25) is 14.2 Å². The smallest absolute Gasteiger partial charge is 0.272 e. The molecule has 4 rings (SSSR count). The Hall–Kier alpha value is -2.58. The number of carbonyl (C=O) groups is 1. The van der Waals surface area contributed by atoms with E-state index in [2.05, 4.69) is 18.3 Å². The molecule has 0 saturated heterocycles. The fraction of sp³-hybridized carbons (Fsp3) is 0.292. The summed E-state index contributed by atoms with van der Waals surface area (Å²) in [6.45, 7) is 6.39. The second kappa shape index (κ2) is 9.50. The van der Waals surface area contributed by atoms with Crippen molar-refractivity contribution in [2.75, 3.05) is 5.75 Å². The van der Waals surface area contributed by atoms with Gasteiger partial charge in [-0.2, -0.15) is 0 Å². The van der Waals surface area contributed by atoms with E-state index in [0.717, 1.165) is 34.5 Å². The molecule has 0 radical (unpaired) electrons. The van der Waals surface area contributed by atoms with Crippen LogP contribution in [0, 0.1) is 19.7 Å². The lowest BCUT2D eigenvalue weighted by Gasteiger charge is -2.15. The van der Waals surface area contributed by atoms with E-state index in [1.165, 1.54) is 23.9 Å². The van der Waals surface area contributed by atoms with E-state index < -0.39 is 0 Å². The fourth-order valence-corrected chi connectivity index (χ4v) is 5.64. The number of nitrogens with one attached hydrogen (secondary N) is 1. The lowest BCUT2D eigenvalue weighted by atomic mass is 10.1. The summed E-state index contributed by atoms with van der Waals surface area (Å²) >= 11 is 2.81. The molecule has 1 aliphatic heterocycles. The van der Waals surface area contributed by atoms with Crippen molar-refractivity contribution in [3.8, 4) is 5.69 Å². The van der Waals surface area contributed by atoms with Gasteiger partial charge >= 0.3 is 0 Å². The normalized spacial score (nSPS) is 14.9. The molecule has 1 aromatic heterocycles. The molecule has 2 heterocycles. The molecule has 5 nitrogen and oxygen atoms in total. The number of aryl methyl sites for hydroxylation is 2. The monoisotopic (exact) mass is 469 g/mol. The summed E-state index contributed by atoms with van der Waals surface area (Å²) in [4.78, 5) is 31.3. The Morgan fingerprint density at radius 3 is 2.59 bits per heavy atom. The van der Waals surface area contributed by atoms with Crippen LogP contribution < -0.4 is 10.9 Å². The molecule has 1 atom stereocenters. The highest BCUT2D eigenvalue weighted by atomic mass is 32.2. The van der Waals surface area contributed by atoms with Crippen LogP contribution in [0.5, 0.6) is 0 Å². The first-order chi connectivity index (χ1) is 15.3. The number of hydrogen-bond acceptors (Lipinski definition) is 5. The maximum absolute atomic E-state index is 13.4. The summed E-state index contributed by atoms with van der Waals surface area (Å²) in [5.74, 6) is -0.362. The number of fused-ring (bicyclic) bond motifs is 1. The minimum Gasteiger partial charge on any atom is -0.351 e. The van der Waals surface area contributed by atoms with Crippen LogP contribution in [0.15, 0.2) is 57.3 Å². The molecule has 0 bridgehead atoms. The van der Waals surface area contributed by atoms with Crippen molar-refractivity contribution in [3.05, 3.63) is 81.0 Å². The Kier molecular flexibility index (Phi) is 6.71. The van der Waals surface area contributed by atoms with Gasteiger partial charge in [-0.1, -0.05) is 36.9 Å². The summed E-state index contributed by atoms with van der Waals surface area (Å²) in [7, 11) is 0. The summed E-state index contributed by atoms with van der Waals surface area (Å²) < 4.78 is 14.7. The first-order valence-electron chi connectivity index (χ1n) is 10.4. The number of thioether (sulfide) groups is 2. The van der Waals surface area contributed by atoms with Gasteiger partial charge in [-0.05, 0) is 54.8 Å². The molecular weight excluding hydrogens is 445 g/mol. The van der Waals surface area contributed by atoms with Gasteiger partial charge in [-0.25, -0.2) is 9.37 Å². The number of carbonyl (C=O) groups excluding carboxylic acids is 1. The summed E-state index contributed by atoms with van der Waals surface area (Å²) in [5.41, 5.74) is 4.42. The zero-order valence-corrected chi connectivity index (χ0v) is 19.8. The SMILES string of the molecule is Cc1cc(C)cc(-n2c(SCC(=O)NCc3ccc(F)cc3)nc3c(c2=O)S[C@@H](C)C3)c1. The standard InChI is InChI=1S/C24H24FN3O2S2/c1-14-8-15(2)10-19(9-14)28-23(30)22-20(11-16(3)32-22)27-24(28)31-13-21(29)26-12-17-4-6-18(25)7-5-17/h4-10,16H,11-13H2,1-3H3,(H,26,29)/t16-/m0/s1. The Labute approximate surface area is 194 Å². The first-order valence-corrected chi connectivity index (χ1v) is 12.2. The van der Waals surface area contributed by atoms with Gasteiger partial charge in [0.2, 0.25) is 5.91 Å². The minimum absolute atomic E-state index is 0.0800. The van der Waals surface area contributed by atoms with Crippen LogP contribution in [0.2, 0.25) is 0 Å². The Morgan fingerprint density at radius 2 is 1.91 bits per heavy atom. The quantitative estimate of drug-likeness (QED) is 0.427. The van der Waals surface area contributed by atoms with Crippen LogP contribution >= 0.6 is 23.5 Å². The molecule has 3 aromatic rings. The first kappa shape index (κ1) is 22.6. The van der Waals surface area contributed by atoms with Gasteiger partial charge in [0.25, 0.3) is 5.56 Å². The topological polar surface area (TPSA) is 64.0 Å². The van der Waals surface area contributed by atoms with Gasteiger partial charge < -0.3 is 5.32 Å². The van der Waals surface area contributed by atoms with Crippen molar-refractivity contribution >= 4 is 29.4 Å². The average molecular weight is 470 g/mol. The third-order valence-corrected chi connectivity index (χ3v) is 7.23. The largest absolute Gasteiger partial charge is 0.351 e. The van der Waals surface area contributed by atoms with Crippen LogP contribution in [0.3, 0.4) is 0 Å². The van der Waals surface area contributed by atoms with Crippen LogP contribution in [-0.4, -0.2) is 26.5 Å². The van der Waals surface area contributed by atoms with Crippen molar-refractivity contribution in [1.82, 2.24) is 14.9 Å². The lowest BCUT2D eigenvalue weighted by molar-refractivity contribution is -0.118. The maximum Gasteiger partial charge on any atom is 0.272 e. The van der Waals surface area contributed by atoms with Crippen molar-refractivity contribution in [3.63, 3.8) is 0 Å². The number of hydrogen-bond donors (Lipinski definition) is 1. The van der Waals surface area contributed by atoms with E-state index in [1.54, 1.807) is 28.5 Å². The van der Waals surface area contributed by atoms with Crippen molar-refractivity contribution in [1.29, 1.82) is 0 Å². The second-order valence-electron chi connectivity index (χ2n) is 7.98. The molecule has 32 heavy (non-hydrogen) atoms. The second-order valence-corrected chi connectivity index (χ2v) is 10.4. The zero-order chi connectivity index (χ0) is 22.8. The number of nitrogens with zero attached hydrogens (tertiary/aromatic N) is 2. The third-order valence-electron chi connectivity index (χ3n) is 5.08. The Bertz CT molecular complexity index is 1200. The number of amides is 1. The zero-order valence-electron chi connectivity index (χ0n) is 18.1. The van der Waals surface area contributed by atoms with Gasteiger partial charge in [0.1, 0.15) is 5.82 Å². The van der Waals surface area contributed by atoms with Crippen LogP contribution in [0.4, 0.5) is 4.39 Å². The lowest BCUT2D eigenvalue weighted by Crippen LogP contribution is -2.27. The van der Waals surface area contributed by atoms with Crippen molar-refractivity contribution in [2.45, 2.75) is 49.0 Å². The summed E-state index contributed by atoms with van der Waals surface area (Å²) in [5, 5.41) is 3.66. The number of halogens is 1. The van der Waals surface area contributed by atoms with E-state index >= 15 is 0 Å². The van der Waals surface area contributed by atoms with Crippen LogP contribution in [0.1, 0.15) is 29.3 Å². The molecular formula is C24H24FN3O2S2. The molecule has 0 spiro atoms. The van der Waals surface area contributed by atoms with Gasteiger partial charge in [0, 0.05) is 18.2 Å². The van der Waals surface area contributed by atoms with Gasteiger partial charge in [0.05, 0.1) is 22.0 Å². The molecule has 1 N–H and O–H groups in total. The Balaban J connectivity index is 1.58. The number of aromatic nitrogens is 2. The van der Waals surface area contributed by atoms with E-state index in [0.29, 0.717) is 21.8 Å². The van der Waals surface area contributed by atoms with Gasteiger partial charge in [0.15, 0.2) is 5.16 Å². The number of benzene rings is 2. The fourth-order valence-electron chi connectivity index (χ4n) is 3.69. The van der Waals surface area contributed by atoms with E-state index in [1.807, 2.05) is 26.0 Å². The van der Waals surface area contributed by atoms with E-state index in [4.69, 9.17) is 4.98 Å². The molecule has 1 amide bonds. The van der Waals surface area contributed by atoms with Crippen LogP contribution in [0.25, 0.3) is 5.69 Å². The summed E-state index contributed by atoms with van der Waals surface area (Å²) in [6.07, 6.45) is 0.743. The average Bonchev–Trinajstić information content (AvgIpc) is 3.11. The highest BCUT2D eigenvalue weighted by molar-refractivity contribution is 8.00. The molecule has 8 heteroatoms. The molecule has 0 saturated carbocycles. The Morgan fingerprint density at radius 1 is 1.22 bits per heavy atom. The van der Waals surface area contributed by atoms with Crippen molar-refractivity contribution < 1.29 is 9.18 Å². The molecule has 0 fully saturated rings. The third kappa shape index (κ3) is 5.07. The van der Waals surface area contributed by atoms with Crippen molar-refractivity contribution in [2.24, 2.45) is 0 Å². The molecule has 0 unspecified atom stereocenters. The highest BCUT2D eigenvalue weighted by Crippen LogP contribution is 2.35. The number of rotatable bonds is 6. The van der Waals surface area contributed by atoms with E-state index in [9.17, 15) is 14.0 Å². The molecule has 1 aliphatic rings. The van der Waals surface area contributed by atoms with Crippen LogP contribution in [-0.2, 0) is 17.8 Å². The maximum atomic E-state index is 13.4. The molecule has 0 aliphatic carbocycles. The predicted octanol–water partition coefficient (Wildman–Crippen LogP) is 4.43. The van der Waals surface area contributed by atoms with E-state index in [-0.39, 0.29) is 23.0 Å². The summed E-state index contributed by atoms with van der Waals surface area (Å²) in [6, 6.07) is 12.0. The van der Waals surface area contributed by atoms with Gasteiger partial charge in [-0.15, -0.1) is 11.8 Å². The predicted molar refractivity (Wildman–Crippen MR) is 127 cm³/mol. The molecule has 2 aromatic carbocycles. The highest BCUT2D eigenvalue weighted by Gasteiger charge is 2.27. The molecule has 166 valence electrons. The minimum atomic E-state index is -0.310.